The van der Waals surface area contributed by atoms with Gasteiger partial charge in [-0.3, -0.25) is 0 Å². The molecule has 1 nitrogen and oxygen atoms in total. The molecule has 5 heteroatoms. The molecule has 0 amide bonds. The normalized spacial score (nSPS) is 13.6. The molecule has 0 aliphatic rings. The van der Waals surface area contributed by atoms with Gasteiger partial charge in [0.15, 0.2) is 8.32 Å². The lowest BCUT2D eigenvalue weighted by Gasteiger charge is -2.21. The van der Waals surface area contributed by atoms with E-state index in [4.69, 9.17) is 4.43 Å². The van der Waals surface area contributed by atoms with Gasteiger partial charge in [-0.05, 0) is 19.1 Å². The maximum atomic E-state index is 11.6. The van der Waals surface area contributed by atoms with Crippen LogP contribution in [0.5, 0.6) is 0 Å². The van der Waals surface area contributed by atoms with Crippen LogP contribution in [-0.4, -0.2) is 21.1 Å². The molecule has 0 aromatic heterocycles. The molecule has 0 saturated carbocycles. The zero-order chi connectivity index (χ0) is 9.12. The molecule has 0 aromatic rings. The summed E-state index contributed by atoms with van der Waals surface area (Å²) in [5, 5.41) is 0. The first kappa shape index (κ1) is 11.0. The number of halogens is 3. The maximum Gasteiger partial charge on any atom is 0.410 e. The summed E-state index contributed by atoms with van der Waals surface area (Å²) in [6.07, 6.45) is -4.18. The number of alkyl halides is 3. The Bertz CT molecular complexity index is 121. The molecule has 0 N–H and O–H groups in total. The Balaban J connectivity index is 3.70. The first-order valence-electron chi connectivity index (χ1n) is 3.47. The van der Waals surface area contributed by atoms with Gasteiger partial charge in [0.1, 0.15) is 6.61 Å². The highest BCUT2D eigenvalue weighted by atomic mass is 28.4. The first-order valence-corrected chi connectivity index (χ1v) is 6.59. The molecule has 0 fully saturated rings. The highest BCUT2D eigenvalue weighted by Crippen LogP contribution is 2.19. The van der Waals surface area contributed by atoms with Gasteiger partial charge < -0.3 is 4.43 Å². The van der Waals surface area contributed by atoms with Crippen LogP contribution in [0.3, 0.4) is 0 Å². The quantitative estimate of drug-likeness (QED) is 0.616. The zero-order valence-corrected chi connectivity index (χ0v) is 7.96. The van der Waals surface area contributed by atoms with Gasteiger partial charge in [-0.15, -0.1) is 0 Å². The second-order valence-corrected chi connectivity index (χ2v) is 7.53. The van der Waals surface area contributed by atoms with Crippen molar-refractivity contribution >= 4 is 8.32 Å². The van der Waals surface area contributed by atoms with Crippen LogP contribution in [0.25, 0.3) is 0 Å². The Morgan fingerprint density at radius 1 is 1.27 bits per heavy atom. The zero-order valence-electron chi connectivity index (χ0n) is 6.96. The van der Waals surface area contributed by atoms with E-state index >= 15 is 0 Å². The summed E-state index contributed by atoms with van der Waals surface area (Å²) in [7, 11) is -2.01. The second-order valence-electron chi connectivity index (χ2n) is 3.02. The molecule has 68 valence electrons. The van der Waals surface area contributed by atoms with Crippen LogP contribution in [0.2, 0.25) is 19.1 Å². The lowest BCUT2D eigenvalue weighted by Crippen LogP contribution is -2.34. The summed E-state index contributed by atoms with van der Waals surface area (Å²) < 4.78 is 39.6. The first-order chi connectivity index (χ1) is 4.77. The predicted octanol–water partition coefficient (Wildman–Crippen LogP) is 2.79. The van der Waals surface area contributed by atoms with Gasteiger partial charge >= 0.3 is 6.18 Å². The van der Waals surface area contributed by atoms with E-state index in [0.29, 0.717) is 6.04 Å². The number of hydrogen-bond donors (Lipinski definition) is 0. The third-order valence-corrected chi connectivity index (χ3v) is 4.11. The monoisotopic (exact) mass is 186 g/mol. The van der Waals surface area contributed by atoms with E-state index in [1.807, 2.05) is 6.92 Å². The lowest BCUT2D eigenvalue weighted by molar-refractivity contribution is -0.155. The van der Waals surface area contributed by atoms with E-state index in [-0.39, 0.29) is 0 Å². The summed E-state index contributed by atoms with van der Waals surface area (Å²) >= 11 is 0. The Morgan fingerprint density at radius 2 is 1.73 bits per heavy atom. The fraction of sp³-hybridized carbons (Fsp3) is 1.00. The molecule has 0 heterocycles. The van der Waals surface area contributed by atoms with E-state index < -0.39 is 21.1 Å². The minimum atomic E-state index is -4.18. The van der Waals surface area contributed by atoms with Crippen molar-refractivity contribution in [3.63, 3.8) is 0 Å². The fourth-order valence-corrected chi connectivity index (χ4v) is 1.14. The highest BCUT2D eigenvalue weighted by Gasteiger charge is 2.31. The van der Waals surface area contributed by atoms with Crippen molar-refractivity contribution in [3.05, 3.63) is 0 Å². The highest BCUT2D eigenvalue weighted by molar-refractivity contribution is 6.71. The van der Waals surface area contributed by atoms with Crippen LogP contribution in [0.15, 0.2) is 0 Å². The van der Waals surface area contributed by atoms with Crippen molar-refractivity contribution in [2.45, 2.75) is 32.2 Å². The van der Waals surface area contributed by atoms with Crippen LogP contribution in [0.1, 0.15) is 6.92 Å². The van der Waals surface area contributed by atoms with E-state index in [1.165, 1.54) is 0 Å². The molecule has 0 atom stereocenters. The smallest absolute Gasteiger partial charge is 0.408 e. The molecule has 0 saturated heterocycles. The van der Waals surface area contributed by atoms with Gasteiger partial charge in [0.2, 0.25) is 0 Å². The van der Waals surface area contributed by atoms with Crippen molar-refractivity contribution in [1.29, 1.82) is 0 Å². The molecule has 0 unspecified atom stereocenters. The summed E-state index contributed by atoms with van der Waals surface area (Å²) in [5.74, 6) is 0. The van der Waals surface area contributed by atoms with Gasteiger partial charge in [0, 0.05) is 0 Å². The predicted molar refractivity (Wildman–Crippen MR) is 40.0 cm³/mol. The molecule has 0 aliphatic heterocycles. The van der Waals surface area contributed by atoms with Crippen LogP contribution in [-0.2, 0) is 4.43 Å². The van der Waals surface area contributed by atoms with Crippen molar-refractivity contribution in [3.8, 4) is 0 Å². The summed E-state index contributed by atoms with van der Waals surface area (Å²) in [6.45, 7) is 4.31. The van der Waals surface area contributed by atoms with Crippen molar-refractivity contribution in [1.82, 2.24) is 0 Å². The molecule has 0 aromatic carbocycles. The van der Waals surface area contributed by atoms with Crippen LogP contribution in [0, 0.1) is 0 Å². The maximum absolute atomic E-state index is 11.6. The SMILES string of the molecule is CC[Si](C)(C)OCC(F)(F)F. The van der Waals surface area contributed by atoms with Crippen molar-refractivity contribution in [2.24, 2.45) is 0 Å². The van der Waals surface area contributed by atoms with Gasteiger partial charge in [-0.25, -0.2) is 0 Å². The average Bonchev–Trinajstić information content (AvgIpc) is 1.83. The molecule has 11 heavy (non-hydrogen) atoms. The topological polar surface area (TPSA) is 9.23 Å². The largest absolute Gasteiger partial charge is 0.410 e. The Kier molecular flexibility index (Phi) is 3.57. The van der Waals surface area contributed by atoms with Crippen molar-refractivity contribution < 1.29 is 17.6 Å². The minimum absolute atomic E-state index is 0.711. The standard InChI is InChI=1S/C6H13F3OSi/c1-4-11(2,3)10-5-6(7,8)9/h4-5H2,1-3H3. The van der Waals surface area contributed by atoms with E-state index in [2.05, 4.69) is 0 Å². The number of hydrogen-bond acceptors (Lipinski definition) is 1. The third kappa shape index (κ3) is 6.37. The molecule has 0 spiro atoms. The van der Waals surface area contributed by atoms with Crippen LogP contribution >= 0.6 is 0 Å². The van der Waals surface area contributed by atoms with E-state index in [9.17, 15) is 13.2 Å². The van der Waals surface area contributed by atoms with Crippen LogP contribution < -0.4 is 0 Å². The summed E-state index contributed by atoms with van der Waals surface area (Å²) in [6, 6.07) is 0.711. The third-order valence-electron chi connectivity index (χ3n) is 1.48. The van der Waals surface area contributed by atoms with E-state index in [0.717, 1.165) is 0 Å². The fourth-order valence-electron chi connectivity index (χ4n) is 0.379. The Labute approximate surface area is 65.7 Å². The minimum Gasteiger partial charge on any atom is -0.408 e. The molecule has 0 rings (SSSR count). The van der Waals surface area contributed by atoms with Gasteiger partial charge in [-0.1, -0.05) is 6.92 Å². The molecule has 0 bridgehead atoms. The summed E-state index contributed by atoms with van der Waals surface area (Å²) in [5.41, 5.74) is 0. The van der Waals surface area contributed by atoms with Crippen molar-refractivity contribution in [2.75, 3.05) is 6.61 Å². The van der Waals surface area contributed by atoms with Gasteiger partial charge in [0.05, 0.1) is 0 Å². The number of rotatable bonds is 3. The van der Waals surface area contributed by atoms with Gasteiger partial charge in [-0.2, -0.15) is 13.2 Å². The molecule has 0 radical (unpaired) electrons. The Hall–Kier alpha value is -0.0331. The van der Waals surface area contributed by atoms with Crippen LogP contribution in [0.4, 0.5) is 13.2 Å². The molecule has 0 aliphatic carbocycles. The van der Waals surface area contributed by atoms with E-state index in [1.54, 1.807) is 13.1 Å². The lowest BCUT2D eigenvalue weighted by atomic mass is 10.7. The average molecular weight is 186 g/mol. The second kappa shape index (κ2) is 3.58. The summed E-state index contributed by atoms with van der Waals surface area (Å²) in [4.78, 5) is 0. The molecular weight excluding hydrogens is 173 g/mol. The Morgan fingerprint density at radius 3 is 2.00 bits per heavy atom. The molecular formula is C6H13F3OSi. The van der Waals surface area contributed by atoms with Gasteiger partial charge in [0.25, 0.3) is 0 Å².